The van der Waals surface area contributed by atoms with Gasteiger partial charge in [0.05, 0.1) is 0 Å². The lowest BCUT2D eigenvalue weighted by Gasteiger charge is -2.41. The molecule has 0 radical (unpaired) electrons. The molecule has 470 valence electrons. The summed E-state index contributed by atoms with van der Waals surface area (Å²) in [6, 6.07) is 0. The van der Waals surface area contributed by atoms with Crippen LogP contribution in [0.4, 0.5) is 0 Å². The predicted octanol–water partition coefficient (Wildman–Crippen LogP) is 21.8. The van der Waals surface area contributed by atoms with Crippen molar-refractivity contribution in [2.75, 3.05) is 0 Å². The molecular formula is C70H136O9. The minimum absolute atomic E-state index is 0.0647. The lowest BCUT2D eigenvalue weighted by molar-refractivity contribution is -0.460. The molecule has 0 aliphatic heterocycles. The maximum atomic E-state index is 13.4. The molecule has 9 heteroatoms. The normalized spacial score (nSPS) is 12.3. The summed E-state index contributed by atoms with van der Waals surface area (Å²) in [6.45, 7) is 8.08. The van der Waals surface area contributed by atoms with Gasteiger partial charge < -0.3 is 29.5 Å². The molecule has 1 atom stereocenters. The number of unbranched alkanes of at least 4 members (excludes halogenated alkanes) is 54. The number of aliphatic hydroxyl groups is 3. The molecule has 9 nitrogen and oxygen atoms in total. The van der Waals surface area contributed by atoms with Crippen molar-refractivity contribution in [3.05, 3.63) is 0 Å². The lowest BCUT2D eigenvalue weighted by atomic mass is 10.0. The summed E-state index contributed by atoms with van der Waals surface area (Å²) in [7, 11) is 0. The number of hydrogen-bond donors (Lipinski definition) is 3. The average molecular weight is 1120 g/mol. The molecule has 0 bridgehead atoms. The van der Waals surface area contributed by atoms with Crippen molar-refractivity contribution < 1.29 is 43.9 Å². The first-order valence-corrected chi connectivity index (χ1v) is 35.3. The summed E-state index contributed by atoms with van der Waals surface area (Å²) in [4.78, 5) is 39.9. The number of esters is 3. The fourth-order valence-electron chi connectivity index (χ4n) is 11.4. The van der Waals surface area contributed by atoms with Crippen molar-refractivity contribution in [2.45, 2.75) is 431 Å². The highest BCUT2D eigenvalue weighted by molar-refractivity contribution is 5.73. The van der Waals surface area contributed by atoms with Gasteiger partial charge in [-0.25, -0.2) is 0 Å². The molecule has 79 heavy (non-hydrogen) atoms. The highest BCUT2D eigenvalue weighted by Gasteiger charge is 2.63. The molecular weight excluding hydrogens is 985 g/mol. The third-order valence-corrected chi connectivity index (χ3v) is 16.8. The topological polar surface area (TPSA) is 140 Å². The first-order valence-electron chi connectivity index (χ1n) is 35.3. The molecule has 0 aromatic carbocycles. The van der Waals surface area contributed by atoms with Crippen molar-refractivity contribution in [3.63, 3.8) is 0 Å². The number of ether oxygens (including phenoxy) is 3. The zero-order valence-corrected chi connectivity index (χ0v) is 53.3. The van der Waals surface area contributed by atoms with Crippen LogP contribution in [0.25, 0.3) is 0 Å². The highest BCUT2D eigenvalue weighted by atomic mass is 16.8. The quantitative estimate of drug-likeness (QED) is 0.0309. The van der Waals surface area contributed by atoms with E-state index < -0.39 is 35.8 Å². The standard InChI is InChI=1S/C70H136O9/c1-5-8-11-14-17-20-23-26-29-32-35-38-41-44-47-50-53-56-59-62-66(71)77-65(4)69(70(74,75)76,78-67(72)63-60-57-54-51-48-45-42-39-36-33-30-27-24-21-18-15-12-9-6-2)79-68(73)64-61-58-55-52-49-46-43-40-37-34-31-28-25-22-19-16-13-10-7-3/h65,74-76H,5-64H2,1-4H3. The van der Waals surface area contributed by atoms with Crippen molar-refractivity contribution in [1.29, 1.82) is 0 Å². The Hall–Kier alpha value is -1.71. The molecule has 3 N–H and O–H groups in total. The van der Waals surface area contributed by atoms with Crippen LogP contribution in [-0.2, 0) is 28.6 Å². The van der Waals surface area contributed by atoms with Crippen molar-refractivity contribution >= 4 is 17.9 Å². The fourth-order valence-corrected chi connectivity index (χ4v) is 11.4. The number of carbonyl (C=O) groups is 3. The average Bonchev–Trinajstić information content (AvgIpc) is 3.50. The smallest absolute Gasteiger partial charge is 0.376 e. The minimum atomic E-state index is -3.83. The van der Waals surface area contributed by atoms with Crippen LogP contribution in [0.3, 0.4) is 0 Å². The Morgan fingerprint density at radius 1 is 0.266 bits per heavy atom. The second-order valence-electron chi connectivity index (χ2n) is 24.7. The molecule has 0 fully saturated rings. The van der Waals surface area contributed by atoms with Gasteiger partial charge in [-0.3, -0.25) is 14.4 Å². The second kappa shape index (κ2) is 59.4. The van der Waals surface area contributed by atoms with E-state index in [1.165, 1.54) is 283 Å². The van der Waals surface area contributed by atoms with Crippen molar-refractivity contribution in [1.82, 2.24) is 0 Å². The van der Waals surface area contributed by atoms with Crippen LogP contribution < -0.4 is 0 Å². The molecule has 0 aliphatic carbocycles. The van der Waals surface area contributed by atoms with Crippen LogP contribution >= 0.6 is 0 Å². The third kappa shape index (κ3) is 51.6. The first kappa shape index (κ1) is 77.3. The van der Waals surface area contributed by atoms with Gasteiger partial charge in [0.25, 0.3) is 0 Å². The molecule has 0 spiro atoms. The summed E-state index contributed by atoms with van der Waals surface area (Å²) >= 11 is 0. The van der Waals surface area contributed by atoms with Gasteiger partial charge >= 0.3 is 29.7 Å². The van der Waals surface area contributed by atoms with E-state index in [9.17, 15) is 29.7 Å². The van der Waals surface area contributed by atoms with Crippen molar-refractivity contribution in [3.8, 4) is 0 Å². The van der Waals surface area contributed by atoms with Gasteiger partial charge in [0.15, 0.2) is 6.10 Å². The van der Waals surface area contributed by atoms with Gasteiger partial charge in [-0.05, 0) is 26.2 Å². The summed E-state index contributed by atoms with van der Waals surface area (Å²) in [6.07, 6.45) is 68.6. The Labute approximate surface area is 490 Å². The van der Waals surface area contributed by atoms with E-state index in [2.05, 4.69) is 20.8 Å². The molecule has 0 aliphatic rings. The molecule has 0 rings (SSSR count). The molecule has 0 saturated heterocycles. The summed E-state index contributed by atoms with van der Waals surface area (Å²) in [5.74, 6) is -9.27. The maximum Gasteiger partial charge on any atom is 0.376 e. The molecule has 0 heterocycles. The Bertz CT molecular complexity index is 1230. The molecule has 0 saturated carbocycles. The summed E-state index contributed by atoms with van der Waals surface area (Å²) < 4.78 is 16.7. The van der Waals surface area contributed by atoms with E-state index >= 15 is 0 Å². The largest absolute Gasteiger partial charge is 0.454 e. The van der Waals surface area contributed by atoms with E-state index in [0.717, 1.165) is 70.6 Å². The Morgan fingerprint density at radius 2 is 0.418 bits per heavy atom. The zero-order chi connectivity index (χ0) is 57.9. The number of hydrogen-bond acceptors (Lipinski definition) is 9. The summed E-state index contributed by atoms with van der Waals surface area (Å²) in [5, 5.41) is 32.4. The van der Waals surface area contributed by atoms with Gasteiger partial charge in [-0.15, -0.1) is 0 Å². The minimum Gasteiger partial charge on any atom is -0.454 e. The Balaban J connectivity index is 4.80. The van der Waals surface area contributed by atoms with Gasteiger partial charge in [0.1, 0.15) is 0 Å². The number of carbonyl (C=O) groups excluding carboxylic acids is 3. The Kier molecular flexibility index (Phi) is 58.2. The molecule has 0 aromatic rings. The van der Waals surface area contributed by atoms with Crippen LogP contribution in [0.2, 0.25) is 0 Å². The highest BCUT2D eigenvalue weighted by Crippen LogP contribution is 2.33. The zero-order valence-electron chi connectivity index (χ0n) is 53.3. The monoisotopic (exact) mass is 1120 g/mol. The summed E-state index contributed by atoms with van der Waals surface area (Å²) in [5.41, 5.74) is 0. The van der Waals surface area contributed by atoms with Crippen LogP contribution in [0.5, 0.6) is 0 Å². The van der Waals surface area contributed by atoms with E-state index in [0.29, 0.717) is 19.3 Å². The van der Waals surface area contributed by atoms with Gasteiger partial charge in [0.2, 0.25) is 0 Å². The SMILES string of the molecule is CCCCCCCCCCCCCCCCCCCCCC(=O)OC(C)C(OC(=O)CCCCCCCCCCCCCCCCCCCCC)(OC(=O)CCCCCCCCCCCCCCCCCCCCC)C(O)(O)O. The van der Waals surface area contributed by atoms with Crippen LogP contribution in [0, 0.1) is 0 Å². The van der Waals surface area contributed by atoms with Crippen molar-refractivity contribution in [2.24, 2.45) is 0 Å². The fraction of sp³-hybridized carbons (Fsp3) is 0.957. The second-order valence-corrected chi connectivity index (χ2v) is 24.7. The molecule has 0 amide bonds. The lowest BCUT2D eigenvalue weighted by Crippen LogP contribution is -2.66. The van der Waals surface area contributed by atoms with Gasteiger partial charge in [-0.2, -0.15) is 0 Å². The van der Waals surface area contributed by atoms with E-state index in [1.54, 1.807) is 0 Å². The maximum absolute atomic E-state index is 13.4. The van der Waals surface area contributed by atoms with Gasteiger partial charge in [-0.1, -0.05) is 367 Å². The Morgan fingerprint density at radius 3 is 0.582 bits per heavy atom. The van der Waals surface area contributed by atoms with E-state index in [1.807, 2.05) is 0 Å². The molecule has 1 unspecified atom stereocenters. The predicted molar refractivity (Wildman–Crippen MR) is 334 cm³/mol. The van der Waals surface area contributed by atoms with E-state index in [4.69, 9.17) is 14.2 Å². The van der Waals surface area contributed by atoms with Crippen LogP contribution in [0.1, 0.15) is 413 Å². The number of rotatable bonds is 65. The first-order chi connectivity index (χ1) is 38.5. The van der Waals surface area contributed by atoms with Crippen LogP contribution in [0.15, 0.2) is 0 Å². The third-order valence-electron chi connectivity index (χ3n) is 16.8. The molecule has 0 aromatic heterocycles. The van der Waals surface area contributed by atoms with Gasteiger partial charge in [0, 0.05) is 19.3 Å². The van der Waals surface area contributed by atoms with Crippen LogP contribution in [-0.4, -0.2) is 51.1 Å². The van der Waals surface area contributed by atoms with E-state index in [-0.39, 0.29) is 19.3 Å².